The Morgan fingerprint density at radius 2 is 1.88 bits per heavy atom. The minimum absolute atomic E-state index is 0.0703. The Bertz CT molecular complexity index is 1210. The van der Waals surface area contributed by atoms with Gasteiger partial charge < -0.3 is 4.74 Å². The van der Waals surface area contributed by atoms with Crippen LogP contribution in [-0.4, -0.2) is 25.3 Å². The summed E-state index contributed by atoms with van der Waals surface area (Å²) in [4.78, 5) is 38.1. The minimum atomic E-state index is -0.500. The summed E-state index contributed by atoms with van der Waals surface area (Å²) in [6, 6.07) is 6.42. The lowest BCUT2D eigenvalue weighted by Gasteiger charge is -2.06. The molecule has 0 aliphatic carbocycles. The molecule has 4 aromatic rings. The summed E-state index contributed by atoms with van der Waals surface area (Å²) >= 11 is 1.35. The first-order valence-corrected chi connectivity index (χ1v) is 8.77. The van der Waals surface area contributed by atoms with Gasteiger partial charge in [0.1, 0.15) is 6.61 Å². The van der Waals surface area contributed by atoms with Gasteiger partial charge in [0.05, 0.1) is 33.7 Å². The maximum atomic E-state index is 12.3. The normalized spacial score (nSPS) is 11.2. The van der Waals surface area contributed by atoms with Gasteiger partial charge in [0, 0.05) is 17.6 Å². The summed E-state index contributed by atoms with van der Waals surface area (Å²) < 4.78 is 6.75. The number of ether oxygens (including phenoxy) is 1. The van der Waals surface area contributed by atoms with Crippen molar-refractivity contribution in [1.29, 1.82) is 0 Å². The van der Waals surface area contributed by atoms with Crippen LogP contribution in [0.25, 0.3) is 16.0 Å². The highest BCUT2D eigenvalue weighted by Crippen LogP contribution is 2.16. The third kappa shape index (κ3) is 2.95. The van der Waals surface area contributed by atoms with Crippen molar-refractivity contribution in [2.45, 2.75) is 20.5 Å². The first-order valence-electron chi connectivity index (χ1n) is 7.89. The number of carbonyl (C=O) groups excluding carboxylic acids is 1. The molecule has 0 aliphatic rings. The Balaban J connectivity index is 1.56. The molecule has 0 spiro atoms. The van der Waals surface area contributed by atoms with Gasteiger partial charge in [-0.2, -0.15) is 0 Å². The van der Waals surface area contributed by atoms with Crippen molar-refractivity contribution in [3.05, 3.63) is 68.8 Å². The average molecular weight is 366 g/mol. The van der Waals surface area contributed by atoms with Crippen LogP contribution in [0.2, 0.25) is 0 Å². The van der Waals surface area contributed by atoms with Gasteiger partial charge in [0.15, 0.2) is 4.96 Å². The minimum Gasteiger partial charge on any atom is -0.456 e. The van der Waals surface area contributed by atoms with Crippen LogP contribution < -0.4 is 5.56 Å². The van der Waals surface area contributed by atoms with E-state index in [0.29, 0.717) is 21.7 Å². The van der Waals surface area contributed by atoms with Gasteiger partial charge in [0.25, 0.3) is 5.56 Å². The molecule has 0 bridgehead atoms. The molecule has 130 valence electrons. The Kier molecular flexibility index (Phi) is 3.96. The number of aromatic nitrogens is 4. The number of esters is 1. The van der Waals surface area contributed by atoms with Crippen molar-refractivity contribution in [1.82, 2.24) is 19.4 Å². The van der Waals surface area contributed by atoms with Crippen molar-refractivity contribution in [2.24, 2.45) is 0 Å². The molecule has 0 aliphatic heterocycles. The number of benzene rings is 1. The highest BCUT2D eigenvalue weighted by molar-refractivity contribution is 7.15. The summed E-state index contributed by atoms with van der Waals surface area (Å²) in [5, 5.41) is 1.78. The smallest absolute Gasteiger partial charge is 0.338 e. The zero-order chi connectivity index (χ0) is 18.3. The molecule has 0 amide bonds. The molecule has 0 N–H and O–H groups in total. The molecule has 0 saturated carbocycles. The largest absolute Gasteiger partial charge is 0.456 e. The second kappa shape index (κ2) is 6.30. The highest BCUT2D eigenvalue weighted by Gasteiger charge is 2.12. The van der Waals surface area contributed by atoms with Crippen molar-refractivity contribution in [3.63, 3.8) is 0 Å². The average Bonchev–Trinajstić information content (AvgIpc) is 3.09. The molecule has 4 rings (SSSR count). The summed E-state index contributed by atoms with van der Waals surface area (Å²) in [6.45, 7) is 3.70. The second-order valence-corrected chi connectivity index (χ2v) is 6.69. The number of rotatable bonds is 3. The van der Waals surface area contributed by atoms with Crippen molar-refractivity contribution < 1.29 is 9.53 Å². The van der Waals surface area contributed by atoms with E-state index in [1.807, 2.05) is 13.8 Å². The lowest BCUT2D eigenvalue weighted by molar-refractivity contribution is 0.0468. The Labute approximate surface area is 151 Å². The summed E-state index contributed by atoms with van der Waals surface area (Å²) in [7, 11) is 0. The number of thiazole rings is 1. The van der Waals surface area contributed by atoms with Gasteiger partial charge >= 0.3 is 5.97 Å². The van der Waals surface area contributed by atoms with E-state index in [0.717, 1.165) is 16.9 Å². The van der Waals surface area contributed by atoms with E-state index in [1.54, 1.807) is 29.8 Å². The zero-order valence-electron chi connectivity index (χ0n) is 14.1. The van der Waals surface area contributed by atoms with E-state index >= 15 is 0 Å². The first kappa shape index (κ1) is 16.3. The SMILES string of the molecule is Cc1nc2ccc(C(=O)OCc3cc(=O)n4ccsc4n3)cc2nc1C. The monoisotopic (exact) mass is 366 g/mol. The van der Waals surface area contributed by atoms with Crippen molar-refractivity contribution in [3.8, 4) is 0 Å². The first-order chi connectivity index (χ1) is 12.5. The van der Waals surface area contributed by atoms with Crippen LogP contribution in [0, 0.1) is 13.8 Å². The molecule has 1 aromatic carbocycles. The Morgan fingerprint density at radius 3 is 2.69 bits per heavy atom. The van der Waals surface area contributed by atoms with Crippen LogP contribution in [-0.2, 0) is 11.3 Å². The van der Waals surface area contributed by atoms with E-state index in [2.05, 4.69) is 15.0 Å². The summed E-state index contributed by atoms with van der Waals surface area (Å²) in [5.74, 6) is -0.500. The van der Waals surface area contributed by atoms with Crippen molar-refractivity contribution >= 4 is 33.3 Å². The number of hydrogen-bond donors (Lipinski definition) is 0. The predicted octanol–water partition coefficient (Wildman–Crippen LogP) is 2.67. The van der Waals surface area contributed by atoms with E-state index < -0.39 is 5.97 Å². The maximum absolute atomic E-state index is 12.3. The fourth-order valence-corrected chi connectivity index (χ4v) is 3.28. The lowest BCUT2D eigenvalue weighted by Crippen LogP contribution is -2.14. The molecular formula is C18H14N4O3S. The van der Waals surface area contributed by atoms with Crippen LogP contribution in [0.1, 0.15) is 27.4 Å². The van der Waals surface area contributed by atoms with Gasteiger partial charge in [-0.05, 0) is 32.0 Å². The van der Waals surface area contributed by atoms with Gasteiger partial charge in [-0.3, -0.25) is 9.20 Å². The van der Waals surface area contributed by atoms with Crippen LogP contribution in [0.3, 0.4) is 0 Å². The van der Waals surface area contributed by atoms with E-state index in [-0.39, 0.29) is 12.2 Å². The molecule has 7 nitrogen and oxygen atoms in total. The molecule has 0 atom stereocenters. The second-order valence-electron chi connectivity index (χ2n) is 5.82. The molecule has 3 heterocycles. The number of hydrogen-bond acceptors (Lipinski definition) is 7. The van der Waals surface area contributed by atoms with Gasteiger partial charge in [-0.1, -0.05) is 0 Å². The number of aryl methyl sites for hydroxylation is 2. The van der Waals surface area contributed by atoms with Crippen LogP contribution >= 0.6 is 11.3 Å². The van der Waals surface area contributed by atoms with Gasteiger partial charge in [-0.25, -0.2) is 19.7 Å². The molecule has 26 heavy (non-hydrogen) atoms. The van der Waals surface area contributed by atoms with Crippen LogP contribution in [0.4, 0.5) is 0 Å². The van der Waals surface area contributed by atoms with Gasteiger partial charge in [0.2, 0.25) is 0 Å². The third-order valence-electron chi connectivity index (χ3n) is 4.02. The standard InChI is InChI=1S/C18H14N4O3S/c1-10-11(2)20-15-7-12(3-4-14(15)19-10)17(24)25-9-13-8-16(23)22-5-6-26-18(22)21-13/h3-8H,9H2,1-2H3. The molecule has 3 aromatic heterocycles. The van der Waals surface area contributed by atoms with E-state index in [9.17, 15) is 9.59 Å². The number of fused-ring (bicyclic) bond motifs is 2. The van der Waals surface area contributed by atoms with Gasteiger partial charge in [-0.15, -0.1) is 11.3 Å². The predicted molar refractivity (Wildman–Crippen MR) is 97.5 cm³/mol. The highest BCUT2D eigenvalue weighted by atomic mass is 32.1. The van der Waals surface area contributed by atoms with Crippen LogP contribution in [0.5, 0.6) is 0 Å². The summed E-state index contributed by atoms with van der Waals surface area (Å²) in [5.41, 5.74) is 3.63. The maximum Gasteiger partial charge on any atom is 0.338 e. The fraction of sp³-hybridized carbons (Fsp3) is 0.167. The fourth-order valence-electron chi connectivity index (χ4n) is 2.54. The van der Waals surface area contributed by atoms with E-state index in [4.69, 9.17) is 4.74 Å². The van der Waals surface area contributed by atoms with Crippen molar-refractivity contribution in [2.75, 3.05) is 0 Å². The number of carbonyl (C=O) groups is 1. The topological polar surface area (TPSA) is 86.5 Å². The summed E-state index contributed by atoms with van der Waals surface area (Å²) in [6.07, 6.45) is 1.66. The van der Waals surface area contributed by atoms with E-state index in [1.165, 1.54) is 21.8 Å². The Hall–Kier alpha value is -3.13. The molecule has 0 saturated heterocycles. The molecule has 0 fully saturated rings. The quantitative estimate of drug-likeness (QED) is 0.518. The molecule has 0 radical (unpaired) electrons. The zero-order valence-corrected chi connectivity index (χ0v) is 14.9. The van der Waals surface area contributed by atoms with Crippen LogP contribution in [0.15, 0.2) is 40.6 Å². The Morgan fingerprint density at radius 1 is 1.12 bits per heavy atom. The lowest BCUT2D eigenvalue weighted by atomic mass is 10.2. The molecular weight excluding hydrogens is 352 g/mol. The number of nitrogens with zero attached hydrogens (tertiary/aromatic N) is 4. The third-order valence-corrected chi connectivity index (χ3v) is 4.78. The molecule has 0 unspecified atom stereocenters. The molecule has 8 heteroatoms.